The topological polar surface area (TPSA) is 12.5 Å². The summed E-state index contributed by atoms with van der Waals surface area (Å²) in [5, 5.41) is 0. The van der Waals surface area contributed by atoms with Crippen LogP contribution in [0.4, 0.5) is 0 Å². The van der Waals surface area contributed by atoms with Gasteiger partial charge in [0.25, 0.3) is 0 Å². The maximum absolute atomic E-state index is 6.38. The average molecular weight is 263 g/mol. The van der Waals surface area contributed by atoms with Crippen LogP contribution in [-0.2, 0) is 4.74 Å². The summed E-state index contributed by atoms with van der Waals surface area (Å²) in [4.78, 5) is 2.48. The van der Waals surface area contributed by atoms with E-state index < -0.39 is 0 Å². The number of nitrogens with zero attached hydrogens (tertiary/aromatic N) is 1. The van der Waals surface area contributed by atoms with Crippen LogP contribution in [0.25, 0.3) is 0 Å². The Labute approximate surface area is 118 Å². The van der Waals surface area contributed by atoms with Crippen LogP contribution in [-0.4, -0.2) is 37.7 Å². The van der Waals surface area contributed by atoms with Gasteiger partial charge in [0.2, 0.25) is 0 Å². The highest BCUT2D eigenvalue weighted by molar-refractivity contribution is 5.17. The zero-order valence-corrected chi connectivity index (χ0v) is 12.9. The molecule has 0 aromatic carbocycles. The van der Waals surface area contributed by atoms with Gasteiger partial charge in [-0.15, -0.1) is 0 Å². The van der Waals surface area contributed by atoms with Crippen molar-refractivity contribution in [1.29, 1.82) is 0 Å². The fourth-order valence-corrected chi connectivity index (χ4v) is 4.90. The Kier molecular flexibility index (Phi) is 3.74. The number of ether oxygens (including phenoxy) is 1. The van der Waals surface area contributed by atoms with Crippen molar-refractivity contribution in [2.75, 3.05) is 26.7 Å². The van der Waals surface area contributed by atoms with Gasteiger partial charge in [0.05, 0.1) is 12.7 Å². The van der Waals surface area contributed by atoms with Crippen LogP contribution in [0, 0.1) is 29.6 Å². The Morgan fingerprint density at radius 3 is 2.84 bits per heavy atom. The number of allylic oxidation sites excluding steroid dienone is 1. The van der Waals surface area contributed by atoms with Crippen molar-refractivity contribution in [2.45, 2.75) is 39.7 Å². The molecular weight excluding hydrogens is 234 g/mol. The Bertz CT molecular complexity index is 364. The molecule has 2 heterocycles. The largest absolute Gasteiger partial charge is 0.377 e. The van der Waals surface area contributed by atoms with Gasteiger partial charge in [-0.1, -0.05) is 25.5 Å². The second-order valence-electron chi connectivity index (χ2n) is 7.28. The van der Waals surface area contributed by atoms with Crippen LogP contribution < -0.4 is 0 Å². The van der Waals surface area contributed by atoms with Crippen molar-refractivity contribution in [3.8, 4) is 0 Å². The van der Waals surface area contributed by atoms with E-state index in [0.29, 0.717) is 17.9 Å². The first-order valence-electron chi connectivity index (χ1n) is 8.06. The first kappa shape index (κ1) is 13.6. The molecule has 0 amide bonds. The number of rotatable bonds is 1. The van der Waals surface area contributed by atoms with Gasteiger partial charge in [-0.3, -0.25) is 0 Å². The fraction of sp³-hybridized carbons (Fsp3) is 0.882. The Morgan fingerprint density at radius 2 is 2.11 bits per heavy atom. The summed E-state index contributed by atoms with van der Waals surface area (Å²) in [5.41, 5.74) is 1.59. The third kappa shape index (κ3) is 2.38. The van der Waals surface area contributed by atoms with E-state index in [9.17, 15) is 0 Å². The molecule has 0 spiro atoms. The Morgan fingerprint density at radius 1 is 1.32 bits per heavy atom. The molecule has 0 aromatic rings. The third-order valence-corrected chi connectivity index (χ3v) is 5.93. The average Bonchev–Trinajstić information content (AvgIpc) is 2.35. The van der Waals surface area contributed by atoms with E-state index in [2.05, 4.69) is 38.8 Å². The predicted molar refractivity (Wildman–Crippen MR) is 79.0 cm³/mol. The molecule has 3 aliphatic rings. The van der Waals surface area contributed by atoms with Gasteiger partial charge in [-0.25, -0.2) is 0 Å². The summed E-state index contributed by atoms with van der Waals surface area (Å²) >= 11 is 0. The number of hydrogen-bond donors (Lipinski definition) is 0. The van der Waals surface area contributed by atoms with Crippen LogP contribution in [0.2, 0.25) is 0 Å². The van der Waals surface area contributed by atoms with E-state index in [1.54, 1.807) is 5.57 Å². The van der Waals surface area contributed by atoms with E-state index in [4.69, 9.17) is 4.74 Å². The summed E-state index contributed by atoms with van der Waals surface area (Å²) in [6.07, 6.45) is 5.69. The molecule has 2 bridgehead atoms. The van der Waals surface area contributed by atoms with Crippen LogP contribution in [0.15, 0.2) is 11.6 Å². The quantitative estimate of drug-likeness (QED) is 0.674. The van der Waals surface area contributed by atoms with Gasteiger partial charge in [-0.2, -0.15) is 0 Å². The molecule has 1 unspecified atom stereocenters. The first-order chi connectivity index (χ1) is 9.08. The Hall–Kier alpha value is -0.340. The first-order valence-corrected chi connectivity index (χ1v) is 8.06. The molecule has 2 fully saturated rings. The molecule has 2 nitrogen and oxygen atoms in total. The van der Waals surface area contributed by atoms with Gasteiger partial charge in [0.15, 0.2) is 0 Å². The maximum atomic E-state index is 6.38. The molecular formula is C17H29NO. The van der Waals surface area contributed by atoms with Crippen molar-refractivity contribution in [3.05, 3.63) is 11.6 Å². The molecule has 0 aromatic heterocycles. The SMILES string of the molecule is CC1=C[C@H](C)[C@H]2CO[C@H](C3CCCN(C)C3)[C@H]1[C@H]2C. The van der Waals surface area contributed by atoms with Crippen molar-refractivity contribution in [3.63, 3.8) is 0 Å². The summed E-state index contributed by atoms with van der Waals surface area (Å²) in [6, 6.07) is 0. The number of piperidine rings is 1. The minimum absolute atomic E-state index is 0.470. The lowest BCUT2D eigenvalue weighted by Crippen LogP contribution is -2.52. The van der Waals surface area contributed by atoms with Crippen molar-refractivity contribution >= 4 is 0 Å². The molecule has 0 radical (unpaired) electrons. The van der Waals surface area contributed by atoms with Crippen molar-refractivity contribution < 1.29 is 4.74 Å². The van der Waals surface area contributed by atoms with Gasteiger partial charge >= 0.3 is 0 Å². The highest BCUT2D eigenvalue weighted by Crippen LogP contribution is 2.47. The summed E-state index contributed by atoms with van der Waals surface area (Å²) in [7, 11) is 2.26. The van der Waals surface area contributed by atoms with E-state index in [1.807, 2.05) is 0 Å². The highest BCUT2D eigenvalue weighted by Gasteiger charge is 2.46. The van der Waals surface area contributed by atoms with Crippen LogP contribution in [0.1, 0.15) is 33.6 Å². The summed E-state index contributed by atoms with van der Waals surface area (Å²) in [6.45, 7) is 10.6. The molecule has 6 atom stereocenters. The molecule has 3 rings (SSSR count). The van der Waals surface area contributed by atoms with Crippen LogP contribution >= 0.6 is 0 Å². The summed E-state index contributed by atoms with van der Waals surface area (Å²) in [5.74, 6) is 3.65. The van der Waals surface area contributed by atoms with E-state index >= 15 is 0 Å². The van der Waals surface area contributed by atoms with E-state index in [0.717, 1.165) is 24.4 Å². The molecule has 2 aliphatic heterocycles. The monoisotopic (exact) mass is 263 g/mol. The zero-order valence-electron chi connectivity index (χ0n) is 12.9. The van der Waals surface area contributed by atoms with Crippen LogP contribution in [0.3, 0.4) is 0 Å². The molecule has 0 saturated carbocycles. The lowest BCUT2D eigenvalue weighted by molar-refractivity contribution is -0.124. The molecule has 1 aliphatic carbocycles. The smallest absolute Gasteiger partial charge is 0.0683 e. The number of fused-ring (bicyclic) bond motifs is 2. The van der Waals surface area contributed by atoms with E-state index in [1.165, 1.54) is 25.9 Å². The minimum Gasteiger partial charge on any atom is -0.377 e. The lowest BCUT2D eigenvalue weighted by Gasteiger charge is -2.50. The normalized spacial score (nSPS) is 47.9. The van der Waals surface area contributed by atoms with Crippen molar-refractivity contribution in [2.24, 2.45) is 29.6 Å². The Balaban J connectivity index is 1.81. The molecule has 19 heavy (non-hydrogen) atoms. The molecule has 2 saturated heterocycles. The number of likely N-dealkylation sites (tertiary alicyclic amines) is 1. The van der Waals surface area contributed by atoms with Gasteiger partial charge < -0.3 is 9.64 Å². The fourth-order valence-electron chi connectivity index (χ4n) is 4.90. The second-order valence-corrected chi connectivity index (χ2v) is 7.28. The lowest BCUT2D eigenvalue weighted by atomic mass is 9.63. The predicted octanol–water partition coefficient (Wildman–Crippen LogP) is 3.19. The van der Waals surface area contributed by atoms with Crippen LogP contribution in [0.5, 0.6) is 0 Å². The number of hydrogen-bond acceptors (Lipinski definition) is 2. The zero-order chi connectivity index (χ0) is 13.6. The van der Waals surface area contributed by atoms with Gasteiger partial charge in [-0.05, 0) is 57.0 Å². The maximum Gasteiger partial charge on any atom is 0.0683 e. The van der Waals surface area contributed by atoms with Gasteiger partial charge in [0, 0.05) is 12.5 Å². The molecule has 108 valence electrons. The molecule has 2 heteroatoms. The highest BCUT2D eigenvalue weighted by atomic mass is 16.5. The summed E-state index contributed by atoms with van der Waals surface area (Å²) < 4.78 is 6.38. The molecule has 0 N–H and O–H groups in total. The third-order valence-electron chi connectivity index (χ3n) is 5.93. The van der Waals surface area contributed by atoms with Crippen molar-refractivity contribution in [1.82, 2.24) is 4.90 Å². The minimum atomic E-state index is 0.470. The second kappa shape index (κ2) is 5.21. The standard InChI is InChI=1S/C17H29NO/c1-11-8-12(2)16-13(3)15(11)10-19-17(16)14-6-5-7-18(4)9-14/h8,11,13-17H,5-7,9-10H2,1-4H3/t11-,13-,14?,15+,16+,17+/m0/s1. The van der Waals surface area contributed by atoms with E-state index in [-0.39, 0.29) is 0 Å². The van der Waals surface area contributed by atoms with Gasteiger partial charge in [0.1, 0.15) is 0 Å².